The summed E-state index contributed by atoms with van der Waals surface area (Å²) >= 11 is 0. The van der Waals surface area contributed by atoms with Crippen LogP contribution in [0.15, 0.2) is 66.7 Å². The topological polar surface area (TPSA) is 47.6 Å². The molecular weight excluding hydrogens is 417 g/mol. The van der Waals surface area contributed by atoms with Crippen molar-refractivity contribution in [2.45, 2.75) is 52.7 Å². The highest BCUT2D eigenvalue weighted by atomic mass is 19.1. The summed E-state index contributed by atoms with van der Waals surface area (Å²) in [6, 6.07) is 19.2. The molecule has 33 heavy (non-hydrogen) atoms. The Bertz CT molecular complexity index is 1070. The van der Waals surface area contributed by atoms with E-state index >= 15 is 0 Å². The molecular formula is C28H32FNO3. The number of benzene rings is 3. The van der Waals surface area contributed by atoms with Crippen molar-refractivity contribution in [3.05, 3.63) is 94.8 Å². The average Bonchev–Trinajstić information content (AvgIpc) is 2.78. The zero-order valence-electron chi connectivity index (χ0n) is 19.9. The van der Waals surface area contributed by atoms with Gasteiger partial charge in [0, 0.05) is 11.1 Å². The molecule has 1 amide bonds. The maximum Gasteiger partial charge on any atom is 0.251 e. The third-order valence-corrected chi connectivity index (χ3v) is 5.45. The SMILES string of the molecule is CCOc1ccc(C(=O)NC(C)c2ccc(F)cc2)cc1COc1ccc(C(C)(C)C)cc1. The maximum atomic E-state index is 13.2. The monoisotopic (exact) mass is 449 g/mol. The first-order valence-electron chi connectivity index (χ1n) is 11.2. The quantitative estimate of drug-likeness (QED) is 0.422. The van der Waals surface area contributed by atoms with E-state index in [2.05, 4.69) is 38.2 Å². The number of carbonyl (C=O) groups excluding carboxylic acids is 1. The Hall–Kier alpha value is -3.34. The van der Waals surface area contributed by atoms with E-state index in [0.29, 0.717) is 17.9 Å². The van der Waals surface area contributed by atoms with Crippen molar-refractivity contribution >= 4 is 5.91 Å². The summed E-state index contributed by atoms with van der Waals surface area (Å²) in [5.74, 6) is 0.921. The van der Waals surface area contributed by atoms with Crippen LogP contribution in [0.4, 0.5) is 4.39 Å². The van der Waals surface area contributed by atoms with Crippen molar-refractivity contribution in [3.8, 4) is 11.5 Å². The Morgan fingerprint density at radius 1 is 0.970 bits per heavy atom. The van der Waals surface area contributed by atoms with Crippen molar-refractivity contribution in [2.75, 3.05) is 6.61 Å². The third kappa shape index (κ3) is 6.58. The number of amides is 1. The molecule has 0 bridgehead atoms. The number of carbonyl (C=O) groups is 1. The van der Waals surface area contributed by atoms with E-state index in [1.165, 1.54) is 17.7 Å². The van der Waals surface area contributed by atoms with Gasteiger partial charge in [0.15, 0.2) is 0 Å². The lowest BCUT2D eigenvalue weighted by Crippen LogP contribution is -2.26. The highest BCUT2D eigenvalue weighted by Crippen LogP contribution is 2.26. The van der Waals surface area contributed by atoms with Crippen LogP contribution >= 0.6 is 0 Å². The number of nitrogens with one attached hydrogen (secondary N) is 1. The highest BCUT2D eigenvalue weighted by Gasteiger charge is 2.16. The van der Waals surface area contributed by atoms with Crippen LogP contribution in [0.1, 0.15) is 67.7 Å². The molecule has 1 atom stereocenters. The van der Waals surface area contributed by atoms with Crippen LogP contribution in [0.2, 0.25) is 0 Å². The maximum absolute atomic E-state index is 13.2. The van der Waals surface area contributed by atoms with Crippen molar-refractivity contribution in [2.24, 2.45) is 0 Å². The van der Waals surface area contributed by atoms with Gasteiger partial charge in [-0.25, -0.2) is 4.39 Å². The molecule has 3 rings (SSSR count). The van der Waals surface area contributed by atoms with Crippen LogP contribution in [-0.4, -0.2) is 12.5 Å². The van der Waals surface area contributed by atoms with Crippen molar-refractivity contribution in [3.63, 3.8) is 0 Å². The first kappa shape index (κ1) is 24.3. The highest BCUT2D eigenvalue weighted by molar-refractivity contribution is 5.94. The largest absolute Gasteiger partial charge is 0.493 e. The fraction of sp³-hybridized carbons (Fsp3) is 0.321. The Morgan fingerprint density at radius 3 is 2.24 bits per heavy atom. The van der Waals surface area contributed by atoms with Gasteiger partial charge in [-0.1, -0.05) is 45.0 Å². The fourth-order valence-corrected chi connectivity index (χ4v) is 3.46. The van der Waals surface area contributed by atoms with E-state index in [9.17, 15) is 9.18 Å². The predicted molar refractivity (Wildman–Crippen MR) is 129 cm³/mol. The summed E-state index contributed by atoms with van der Waals surface area (Å²) in [4.78, 5) is 12.9. The molecule has 0 spiro atoms. The Labute approximate surface area is 195 Å². The molecule has 0 fully saturated rings. The number of rotatable bonds is 8. The minimum atomic E-state index is -0.304. The van der Waals surface area contributed by atoms with Crippen LogP contribution in [0.3, 0.4) is 0 Å². The Morgan fingerprint density at radius 2 is 1.64 bits per heavy atom. The molecule has 0 radical (unpaired) electrons. The van der Waals surface area contributed by atoms with E-state index in [0.717, 1.165) is 16.9 Å². The summed E-state index contributed by atoms with van der Waals surface area (Å²) in [6.07, 6.45) is 0. The first-order chi connectivity index (χ1) is 15.7. The van der Waals surface area contributed by atoms with Crippen LogP contribution in [0.25, 0.3) is 0 Å². The van der Waals surface area contributed by atoms with Crippen LogP contribution < -0.4 is 14.8 Å². The number of hydrogen-bond acceptors (Lipinski definition) is 3. The molecule has 5 heteroatoms. The van der Waals surface area contributed by atoms with Gasteiger partial charge in [0.1, 0.15) is 23.9 Å². The standard InChI is InChI=1S/C28H32FNO3/c1-6-32-26-16-9-21(27(31)30-19(2)20-7-12-24(29)13-8-20)17-22(26)18-33-25-14-10-23(11-15-25)28(3,4)5/h7-17,19H,6,18H2,1-5H3,(H,30,31). The van der Waals surface area contributed by atoms with Gasteiger partial charge in [0.25, 0.3) is 5.91 Å². The van der Waals surface area contributed by atoms with Gasteiger partial charge < -0.3 is 14.8 Å². The van der Waals surface area contributed by atoms with Crippen LogP contribution in [0, 0.1) is 5.82 Å². The molecule has 0 aromatic heterocycles. The summed E-state index contributed by atoms with van der Waals surface area (Å²) in [7, 11) is 0. The van der Waals surface area contributed by atoms with Gasteiger partial charge in [-0.15, -0.1) is 0 Å². The second-order valence-corrected chi connectivity index (χ2v) is 9.07. The summed E-state index contributed by atoms with van der Waals surface area (Å²) < 4.78 is 24.9. The zero-order valence-corrected chi connectivity index (χ0v) is 19.9. The van der Waals surface area contributed by atoms with E-state index in [4.69, 9.17) is 9.47 Å². The van der Waals surface area contributed by atoms with Crippen molar-refractivity contribution < 1.29 is 18.7 Å². The molecule has 0 aliphatic heterocycles. The first-order valence-corrected chi connectivity index (χ1v) is 11.2. The fourth-order valence-electron chi connectivity index (χ4n) is 3.46. The summed E-state index contributed by atoms with van der Waals surface area (Å²) in [6.45, 7) is 11.1. The van der Waals surface area contributed by atoms with Gasteiger partial charge in [-0.3, -0.25) is 4.79 Å². The van der Waals surface area contributed by atoms with Crippen LogP contribution in [0.5, 0.6) is 11.5 Å². The van der Waals surface area contributed by atoms with E-state index in [-0.39, 0.29) is 29.8 Å². The molecule has 1 N–H and O–H groups in total. The van der Waals surface area contributed by atoms with Crippen molar-refractivity contribution in [1.29, 1.82) is 0 Å². The number of hydrogen-bond donors (Lipinski definition) is 1. The molecule has 1 unspecified atom stereocenters. The lowest BCUT2D eigenvalue weighted by Gasteiger charge is -2.19. The van der Waals surface area contributed by atoms with Gasteiger partial charge in [0.2, 0.25) is 0 Å². The lowest BCUT2D eigenvalue weighted by atomic mass is 9.87. The molecule has 3 aromatic carbocycles. The van der Waals surface area contributed by atoms with Gasteiger partial charge in [-0.05, 0) is 72.9 Å². The van der Waals surface area contributed by atoms with Gasteiger partial charge >= 0.3 is 0 Å². The molecule has 0 aliphatic rings. The number of ether oxygens (including phenoxy) is 2. The molecule has 4 nitrogen and oxygen atoms in total. The Kier molecular flexibility index (Phi) is 7.75. The third-order valence-electron chi connectivity index (χ3n) is 5.45. The lowest BCUT2D eigenvalue weighted by molar-refractivity contribution is 0.0939. The molecule has 174 valence electrons. The molecule has 3 aromatic rings. The predicted octanol–water partition coefficient (Wildman–Crippen LogP) is 6.59. The van der Waals surface area contributed by atoms with Gasteiger partial charge in [-0.2, -0.15) is 0 Å². The molecule has 0 heterocycles. The van der Waals surface area contributed by atoms with E-state index < -0.39 is 0 Å². The second-order valence-electron chi connectivity index (χ2n) is 9.07. The van der Waals surface area contributed by atoms with E-state index in [1.807, 2.05) is 26.0 Å². The Balaban J connectivity index is 1.73. The molecule has 0 saturated heterocycles. The normalized spacial score (nSPS) is 12.2. The second kappa shape index (κ2) is 10.5. The van der Waals surface area contributed by atoms with Gasteiger partial charge in [0.05, 0.1) is 12.6 Å². The average molecular weight is 450 g/mol. The molecule has 0 saturated carbocycles. The zero-order chi connectivity index (χ0) is 24.0. The minimum Gasteiger partial charge on any atom is -0.493 e. The smallest absolute Gasteiger partial charge is 0.251 e. The number of halogens is 1. The summed E-state index contributed by atoms with van der Waals surface area (Å²) in [5, 5.41) is 2.96. The van der Waals surface area contributed by atoms with Crippen LogP contribution in [-0.2, 0) is 12.0 Å². The van der Waals surface area contributed by atoms with Crippen molar-refractivity contribution in [1.82, 2.24) is 5.32 Å². The molecule has 0 aliphatic carbocycles. The summed E-state index contributed by atoms with van der Waals surface area (Å²) in [5.41, 5.74) is 3.44. The van der Waals surface area contributed by atoms with E-state index in [1.54, 1.807) is 30.3 Å². The minimum absolute atomic E-state index is 0.0768.